The molecule has 0 aliphatic carbocycles. The zero-order valence-electron chi connectivity index (χ0n) is 13.8. The first kappa shape index (κ1) is 17.3. The van der Waals surface area contributed by atoms with E-state index in [2.05, 4.69) is 4.98 Å². The highest BCUT2D eigenvalue weighted by atomic mass is 32.2. The number of hydrogen-bond acceptors (Lipinski definition) is 6. The minimum absolute atomic E-state index is 0.0263. The quantitative estimate of drug-likeness (QED) is 0.766. The molecule has 2 aliphatic rings. The molecule has 3 atom stereocenters. The van der Waals surface area contributed by atoms with Gasteiger partial charge in [0.2, 0.25) is 5.91 Å². The second kappa shape index (κ2) is 6.53. The van der Waals surface area contributed by atoms with Gasteiger partial charge in [-0.05, 0) is 6.92 Å². The minimum Gasteiger partial charge on any atom is -0.477 e. The third kappa shape index (κ3) is 2.74. The van der Waals surface area contributed by atoms with Crippen LogP contribution in [0.2, 0.25) is 0 Å². The molecule has 0 spiro atoms. The molecule has 2 N–H and O–H groups in total. The predicted octanol–water partition coefficient (Wildman–Crippen LogP) is 2.81. The second-order valence-electron chi connectivity index (χ2n) is 6.29. The third-order valence-electron chi connectivity index (χ3n) is 4.65. The number of rotatable bonds is 5. The monoisotopic (exact) mass is 388 g/mol. The number of aliphatic hydroxyl groups is 1. The summed E-state index contributed by atoms with van der Waals surface area (Å²) in [7, 11) is 0. The number of thioether (sulfide) groups is 1. The van der Waals surface area contributed by atoms with Crippen molar-refractivity contribution >= 4 is 35.0 Å². The van der Waals surface area contributed by atoms with Gasteiger partial charge in [-0.15, -0.1) is 11.3 Å². The first-order valence-corrected chi connectivity index (χ1v) is 9.83. The number of fused-ring (bicyclic) bond motifs is 1. The van der Waals surface area contributed by atoms with Crippen LogP contribution in [0.1, 0.15) is 13.3 Å². The summed E-state index contributed by atoms with van der Waals surface area (Å²) in [6.07, 6.45) is -0.346. The van der Waals surface area contributed by atoms with Gasteiger partial charge in [-0.3, -0.25) is 4.79 Å². The number of carbonyl (C=O) groups is 2. The van der Waals surface area contributed by atoms with Gasteiger partial charge in [0.15, 0.2) is 4.34 Å². The molecule has 0 bridgehead atoms. The molecule has 1 fully saturated rings. The van der Waals surface area contributed by atoms with E-state index in [1.54, 1.807) is 6.92 Å². The zero-order chi connectivity index (χ0) is 18.4. The van der Waals surface area contributed by atoms with Crippen LogP contribution >= 0.6 is 23.1 Å². The van der Waals surface area contributed by atoms with Gasteiger partial charge in [0.1, 0.15) is 5.70 Å². The van der Waals surface area contributed by atoms with E-state index in [1.807, 2.05) is 35.7 Å². The molecular formula is C18H16N2O4S2. The normalized spacial score (nSPS) is 23.0. The highest BCUT2D eigenvalue weighted by molar-refractivity contribution is 8.04. The lowest BCUT2D eigenvalue weighted by Crippen LogP contribution is -2.61. The van der Waals surface area contributed by atoms with Crippen LogP contribution in [0, 0.1) is 5.92 Å². The van der Waals surface area contributed by atoms with Crippen LogP contribution in [0.15, 0.2) is 50.7 Å². The number of nitrogens with zero attached hydrogens (tertiary/aromatic N) is 2. The van der Waals surface area contributed by atoms with Crippen LogP contribution in [0.4, 0.5) is 0 Å². The number of thiazole rings is 1. The third-order valence-corrected chi connectivity index (χ3v) is 6.70. The van der Waals surface area contributed by atoms with Crippen molar-refractivity contribution in [3.63, 3.8) is 0 Å². The number of benzene rings is 1. The second-order valence-corrected chi connectivity index (χ2v) is 8.49. The fraction of sp³-hybridized carbons (Fsp3) is 0.278. The molecule has 2 aliphatic heterocycles. The maximum atomic E-state index is 12.2. The minimum atomic E-state index is -1.12. The molecule has 0 unspecified atom stereocenters. The maximum Gasteiger partial charge on any atom is 0.353 e. The van der Waals surface area contributed by atoms with E-state index in [0.29, 0.717) is 11.3 Å². The molecule has 1 aromatic carbocycles. The molecular weight excluding hydrogens is 372 g/mol. The van der Waals surface area contributed by atoms with E-state index in [9.17, 15) is 19.8 Å². The van der Waals surface area contributed by atoms with Crippen molar-refractivity contribution in [2.24, 2.45) is 5.92 Å². The average Bonchev–Trinajstić information content (AvgIpc) is 3.19. The van der Waals surface area contributed by atoms with Crippen LogP contribution in [0.5, 0.6) is 0 Å². The van der Waals surface area contributed by atoms with Crippen molar-refractivity contribution in [1.29, 1.82) is 0 Å². The topological polar surface area (TPSA) is 90.7 Å². The van der Waals surface area contributed by atoms with Gasteiger partial charge in [-0.1, -0.05) is 42.1 Å². The van der Waals surface area contributed by atoms with Gasteiger partial charge in [0, 0.05) is 22.3 Å². The fourth-order valence-electron chi connectivity index (χ4n) is 3.47. The smallest absolute Gasteiger partial charge is 0.353 e. The number of carboxylic acids is 1. The molecule has 26 heavy (non-hydrogen) atoms. The van der Waals surface area contributed by atoms with E-state index in [4.69, 9.17) is 0 Å². The molecule has 2 aromatic rings. The molecule has 1 saturated heterocycles. The summed E-state index contributed by atoms with van der Waals surface area (Å²) < 4.78 is 0.737. The molecule has 1 aromatic heterocycles. The lowest BCUT2D eigenvalue weighted by atomic mass is 9.83. The number of carboxylic acid groups (broad SMARTS) is 1. The summed E-state index contributed by atoms with van der Waals surface area (Å²) in [6.45, 7) is 1.57. The van der Waals surface area contributed by atoms with Crippen LogP contribution in [0.3, 0.4) is 0 Å². The molecule has 0 radical (unpaired) electrons. The van der Waals surface area contributed by atoms with E-state index in [1.165, 1.54) is 28.0 Å². The van der Waals surface area contributed by atoms with Crippen molar-refractivity contribution in [3.8, 4) is 11.3 Å². The van der Waals surface area contributed by atoms with Crippen LogP contribution < -0.4 is 0 Å². The van der Waals surface area contributed by atoms with Crippen LogP contribution in [-0.2, 0) is 9.59 Å². The van der Waals surface area contributed by atoms with E-state index >= 15 is 0 Å². The molecule has 6 nitrogen and oxygen atoms in total. The molecule has 1 amide bonds. The first-order chi connectivity index (χ1) is 12.5. The van der Waals surface area contributed by atoms with Crippen molar-refractivity contribution in [2.45, 2.75) is 29.8 Å². The Labute approximate surface area is 158 Å². The Morgan fingerprint density at radius 2 is 2.12 bits per heavy atom. The lowest BCUT2D eigenvalue weighted by molar-refractivity contribution is -0.161. The summed E-state index contributed by atoms with van der Waals surface area (Å²) in [5, 5.41) is 21.3. The predicted molar refractivity (Wildman–Crippen MR) is 98.5 cm³/mol. The lowest BCUT2D eigenvalue weighted by Gasteiger charge is -2.44. The first-order valence-electron chi connectivity index (χ1n) is 8.13. The Hall–Kier alpha value is -2.16. The van der Waals surface area contributed by atoms with Crippen molar-refractivity contribution in [3.05, 3.63) is 46.3 Å². The van der Waals surface area contributed by atoms with Gasteiger partial charge in [-0.25, -0.2) is 9.78 Å². The number of aliphatic carboxylic acids is 1. The standard InChI is InChI=1S/C18H16N2O4S2/c1-9(21)14-12-7-13(15(17(23)24)20(12)16(14)22)26-18-19-11(8-25-18)10-5-3-2-4-6-10/h2-6,8-9,12,14,21H,7H2,1H3,(H,23,24)/t9-,12-,14-/m1/s1. The Bertz CT molecular complexity index is 907. The summed E-state index contributed by atoms with van der Waals surface area (Å²) in [6, 6.07) is 9.49. The SMILES string of the molecule is C[C@@H](O)[C@H]1C(=O)N2C(C(=O)O)=C(Sc3nc(-c4ccccc4)cs3)C[C@H]12. The molecule has 8 heteroatoms. The van der Waals surface area contributed by atoms with Crippen molar-refractivity contribution in [1.82, 2.24) is 9.88 Å². The Balaban J connectivity index is 1.59. The number of aromatic nitrogens is 1. The molecule has 134 valence electrons. The van der Waals surface area contributed by atoms with E-state index < -0.39 is 18.0 Å². The maximum absolute atomic E-state index is 12.2. The Kier molecular flexibility index (Phi) is 4.34. The Morgan fingerprint density at radius 1 is 1.38 bits per heavy atom. The highest BCUT2D eigenvalue weighted by Crippen LogP contribution is 2.49. The van der Waals surface area contributed by atoms with E-state index in [0.717, 1.165) is 15.6 Å². The highest BCUT2D eigenvalue weighted by Gasteiger charge is 2.56. The van der Waals surface area contributed by atoms with E-state index in [-0.39, 0.29) is 17.6 Å². The van der Waals surface area contributed by atoms with Crippen molar-refractivity contribution < 1.29 is 19.8 Å². The summed E-state index contributed by atoms with van der Waals surface area (Å²) in [4.78, 5) is 30.4. The van der Waals surface area contributed by atoms with Crippen LogP contribution in [-0.4, -0.2) is 44.1 Å². The average molecular weight is 388 g/mol. The molecule has 3 heterocycles. The van der Waals surface area contributed by atoms with Gasteiger partial charge < -0.3 is 15.1 Å². The summed E-state index contributed by atoms with van der Waals surface area (Å²) >= 11 is 2.74. The van der Waals surface area contributed by atoms with Gasteiger partial charge in [0.25, 0.3) is 0 Å². The van der Waals surface area contributed by atoms with Crippen LogP contribution in [0.25, 0.3) is 11.3 Å². The number of hydrogen-bond donors (Lipinski definition) is 2. The number of aliphatic hydroxyl groups excluding tert-OH is 1. The number of β-lactam (4-membered cyclic amide) rings is 1. The number of amides is 1. The number of carbonyl (C=O) groups excluding carboxylic acids is 1. The summed E-state index contributed by atoms with van der Waals surface area (Å²) in [5.41, 5.74) is 1.87. The van der Waals surface area contributed by atoms with Crippen molar-refractivity contribution in [2.75, 3.05) is 0 Å². The molecule has 0 saturated carbocycles. The van der Waals surface area contributed by atoms with Gasteiger partial charge in [0.05, 0.1) is 23.8 Å². The molecule has 4 rings (SSSR count). The Morgan fingerprint density at radius 3 is 2.77 bits per heavy atom. The zero-order valence-corrected chi connectivity index (χ0v) is 15.5. The summed E-state index contributed by atoms with van der Waals surface area (Å²) in [5.74, 6) is -1.96. The van der Waals surface area contributed by atoms with Gasteiger partial charge in [-0.2, -0.15) is 0 Å². The van der Waals surface area contributed by atoms with Gasteiger partial charge >= 0.3 is 5.97 Å². The largest absolute Gasteiger partial charge is 0.477 e. The fourth-order valence-corrected chi connectivity index (χ4v) is 5.56.